The molecule has 6 heteroatoms. The molecule has 0 saturated carbocycles. The number of rotatable bonds is 8. The first kappa shape index (κ1) is 38.3. The number of hydrogen-bond donors (Lipinski definition) is 0. The molecule has 0 spiro atoms. The molecule has 0 fully saturated rings. The molecule has 308 valence electrons. The zero-order valence-electron chi connectivity index (χ0n) is 35.6. The van der Waals surface area contributed by atoms with Gasteiger partial charge in [0.15, 0.2) is 0 Å². The van der Waals surface area contributed by atoms with E-state index in [2.05, 4.69) is 213 Å². The fourth-order valence-corrected chi connectivity index (χ4v) is 9.80. The predicted octanol–water partition coefficient (Wildman–Crippen LogP) is 15.7. The normalized spacial score (nSPS) is 11.3. The first-order valence-corrected chi connectivity index (χ1v) is 22.0. The van der Waals surface area contributed by atoms with Crippen LogP contribution < -0.4 is 9.80 Å². The molecule has 0 saturated heterocycles. The molecule has 10 aromatic carbocycles. The molecule has 2 heterocycles. The molecule has 0 aliphatic rings. The summed E-state index contributed by atoms with van der Waals surface area (Å²) < 4.78 is 4.67. The summed E-state index contributed by atoms with van der Waals surface area (Å²) in [4.78, 5) is 4.61. The highest BCUT2D eigenvalue weighted by Crippen LogP contribution is 2.47. The maximum absolute atomic E-state index is 9.83. The van der Waals surface area contributed by atoms with E-state index >= 15 is 0 Å². The number of nitrogens with zero attached hydrogens (tertiary/aromatic N) is 6. The van der Waals surface area contributed by atoms with Gasteiger partial charge in [-0.3, -0.25) is 0 Å². The Hall–Kier alpha value is -9.36. The van der Waals surface area contributed by atoms with Crippen molar-refractivity contribution in [3.8, 4) is 23.5 Å². The second-order valence-corrected chi connectivity index (χ2v) is 16.4. The van der Waals surface area contributed by atoms with Gasteiger partial charge >= 0.3 is 0 Å². The van der Waals surface area contributed by atoms with Gasteiger partial charge in [0, 0.05) is 66.4 Å². The van der Waals surface area contributed by atoms with Gasteiger partial charge in [0.1, 0.15) is 0 Å². The van der Waals surface area contributed by atoms with Crippen LogP contribution in [0.15, 0.2) is 231 Å². The van der Waals surface area contributed by atoms with Gasteiger partial charge in [-0.1, -0.05) is 97.1 Å². The number of aromatic nitrogens is 2. The largest absolute Gasteiger partial charge is 0.310 e. The number of para-hydroxylation sites is 4. The van der Waals surface area contributed by atoms with E-state index in [-0.39, 0.29) is 0 Å². The number of nitriles is 2. The second kappa shape index (κ2) is 15.8. The summed E-state index contributed by atoms with van der Waals surface area (Å²) in [5.41, 5.74) is 13.8. The maximum Gasteiger partial charge on any atom is 0.0991 e. The molecule has 66 heavy (non-hydrogen) atoms. The smallest absolute Gasteiger partial charge is 0.0991 e. The van der Waals surface area contributed by atoms with Crippen LogP contribution in [0.3, 0.4) is 0 Å². The first-order chi connectivity index (χ1) is 32.7. The van der Waals surface area contributed by atoms with E-state index in [1.54, 1.807) is 0 Å². The number of benzene rings is 10. The maximum atomic E-state index is 9.83. The highest BCUT2D eigenvalue weighted by atomic mass is 15.2. The Morgan fingerprint density at radius 2 is 0.636 bits per heavy atom. The summed E-state index contributed by atoms with van der Waals surface area (Å²) in [6.45, 7) is 0. The third-order valence-electron chi connectivity index (χ3n) is 12.7. The lowest BCUT2D eigenvalue weighted by Gasteiger charge is -2.30. The van der Waals surface area contributed by atoms with Gasteiger partial charge in [0.05, 0.1) is 56.7 Å². The van der Waals surface area contributed by atoms with Gasteiger partial charge in [0.2, 0.25) is 0 Å². The Balaban J connectivity index is 1.07. The Morgan fingerprint density at radius 1 is 0.288 bits per heavy atom. The highest BCUT2D eigenvalue weighted by molar-refractivity contribution is 6.13. The summed E-state index contributed by atoms with van der Waals surface area (Å²) in [7, 11) is 0. The average molecular weight is 843 g/mol. The van der Waals surface area contributed by atoms with Crippen molar-refractivity contribution in [3.05, 3.63) is 242 Å². The first-order valence-electron chi connectivity index (χ1n) is 22.0. The molecule has 2 aromatic heterocycles. The van der Waals surface area contributed by atoms with Gasteiger partial charge in [-0.05, 0) is 133 Å². The van der Waals surface area contributed by atoms with Crippen molar-refractivity contribution in [2.45, 2.75) is 0 Å². The topological polar surface area (TPSA) is 63.9 Å². The van der Waals surface area contributed by atoms with Gasteiger partial charge in [-0.25, -0.2) is 0 Å². The van der Waals surface area contributed by atoms with Crippen LogP contribution in [-0.4, -0.2) is 9.13 Å². The lowest BCUT2D eigenvalue weighted by atomic mass is 10.0. The third kappa shape index (κ3) is 6.25. The van der Waals surface area contributed by atoms with E-state index in [1.807, 2.05) is 48.5 Å². The van der Waals surface area contributed by atoms with E-state index in [0.29, 0.717) is 11.1 Å². The summed E-state index contributed by atoms with van der Waals surface area (Å²) in [5, 5.41) is 26.4. The van der Waals surface area contributed by atoms with Crippen molar-refractivity contribution in [2.75, 3.05) is 9.80 Å². The van der Waals surface area contributed by atoms with Crippen molar-refractivity contribution in [1.29, 1.82) is 10.5 Å². The highest BCUT2D eigenvalue weighted by Gasteiger charge is 2.23. The molecule has 0 bridgehead atoms. The molecule has 0 N–H and O–H groups in total. The predicted molar refractivity (Wildman–Crippen MR) is 271 cm³/mol. The zero-order chi connectivity index (χ0) is 44.1. The van der Waals surface area contributed by atoms with E-state index in [4.69, 9.17) is 0 Å². The summed E-state index contributed by atoms with van der Waals surface area (Å²) >= 11 is 0. The SMILES string of the molecule is N#Cc1ccc(N(c2ccc3c(c2)c2ccccc2n3-c2ccccc2)c2cccc3c(N(c4ccc(C#N)cc4)c4ccc5c(c4)c4ccccc4n5-c4ccccc4)cccc23)cc1. The van der Waals surface area contributed by atoms with Gasteiger partial charge in [-0.2, -0.15) is 10.5 Å². The van der Waals surface area contributed by atoms with Crippen LogP contribution in [0.1, 0.15) is 11.1 Å². The minimum absolute atomic E-state index is 0.599. The van der Waals surface area contributed by atoms with Crippen LogP contribution in [0.2, 0.25) is 0 Å². The number of fused-ring (bicyclic) bond motifs is 7. The van der Waals surface area contributed by atoms with Crippen LogP contribution in [0, 0.1) is 22.7 Å². The van der Waals surface area contributed by atoms with Gasteiger partial charge in [0.25, 0.3) is 0 Å². The molecular weight excluding hydrogens is 805 g/mol. The summed E-state index contributed by atoms with van der Waals surface area (Å²) in [6.07, 6.45) is 0. The third-order valence-corrected chi connectivity index (χ3v) is 12.7. The van der Waals surface area contributed by atoms with E-state index in [1.165, 1.54) is 10.8 Å². The summed E-state index contributed by atoms with van der Waals surface area (Å²) in [5.74, 6) is 0. The van der Waals surface area contributed by atoms with Crippen molar-refractivity contribution in [2.24, 2.45) is 0 Å². The minimum atomic E-state index is 0.599. The summed E-state index contributed by atoms with van der Waals surface area (Å²) in [6, 6.07) is 84.9. The fourth-order valence-electron chi connectivity index (χ4n) is 9.80. The molecule has 0 atom stereocenters. The van der Waals surface area contributed by atoms with E-state index in [0.717, 1.165) is 89.1 Å². The molecule has 12 aromatic rings. The van der Waals surface area contributed by atoms with Crippen molar-refractivity contribution in [1.82, 2.24) is 9.13 Å². The average Bonchev–Trinajstić information content (AvgIpc) is 3.90. The molecule has 0 aliphatic heterocycles. The molecule has 12 rings (SSSR count). The fraction of sp³-hybridized carbons (Fsp3) is 0. The van der Waals surface area contributed by atoms with Gasteiger partial charge < -0.3 is 18.9 Å². The quantitative estimate of drug-likeness (QED) is 0.153. The number of hydrogen-bond acceptors (Lipinski definition) is 4. The van der Waals surface area contributed by atoms with Crippen LogP contribution >= 0.6 is 0 Å². The Labute approximate surface area is 381 Å². The minimum Gasteiger partial charge on any atom is -0.310 e. The van der Waals surface area contributed by atoms with Crippen molar-refractivity contribution < 1.29 is 0 Å². The van der Waals surface area contributed by atoms with Crippen LogP contribution in [0.4, 0.5) is 34.1 Å². The van der Waals surface area contributed by atoms with E-state index in [9.17, 15) is 10.5 Å². The molecule has 6 nitrogen and oxygen atoms in total. The Bertz CT molecular complexity index is 3630. The Morgan fingerprint density at radius 3 is 1.05 bits per heavy atom. The lowest BCUT2D eigenvalue weighted by molar-refractivity contribution is 1.18. The molecule has 0 aliphatic carbocycles. The van der Waals surface area contributed by atoms with Crippen LogP contribution in [-0.2, 0) is 0 Å². The van der Waals surface area contributed by atoms with E-state index < -0.39 is 0 Å². The Kier molecular flexibility index (Phi) is 9.16. The van der Waals surface area contributed by atoms with Crippen LogP contribution in [0.25, 0.3) is 65.8 Å². The molecule has 0 radical (unpaired) electrons. The zero-order valence-corrected chi connectivity index (χ0v) is 35.6. The monoisotopic (exact) mass is 842 g/mol. The lowest BCUT2D eigenvalue weighted by Crippen LogP contribution is -2.12. The van der Waals surface area contributed by atoms with Gasteiger partial charge in [-0.15, -0.1) is 0 Å². The van der Waals surface area contributed by atoms with Crippen LogP contribution in [0.5, 0.6) is 0 Å². The molecular formula is C60H38N6. The number of anilines is 6. The molecule has 0 unspecified atom stereocenters. The molecule has 0 amide bonds. The standard InChI is InChI=1S/C60H38N6/c61-39-41-25-29-45(30-26-41)63(47-33-35-59-53(37-47)51-17-7-9-21-57(51)65(59)43-13-3-1-4-14-43)55-23-11-20-50-49(55)19-12-24-56(50)64(46-31-27-42(40-62)28-32-46)48-34-36-60-54(38-48)52-18-8-10-22-58(52)66(60)44-15-5-2-6-16-44/h1-38H. The van der Waals surface area contributed by atoms with Crippen molar-refractivity contribution >= 4 is 88.5 Å². The van der Waals surface area contributed by atoms with Crippen molar-refractivity contribution in [3.63, 3.8) is 0 Å². The second-order valence-electron chi connectivity index (χ2n) is 16.4.